The summed E-state index contributed by atoms with van der Waals surface area (Å²) in [5.74, 6) is -0.833. The van der Waals surface area contributed by atoms with Crippen molar-refractivity contribution < 1.29 is 9.90 Å². The lowest BCUT2D eigenvalue weighted by Crippen LogP contribution is -2.20. The lowest BCUT2D eigenvalue weighted by Gasteiger charge is -2.19. The number of aliphatic carboxylic acids is 1. The first-order valence-corrected chi connectivity index (χ1v) is 5.96. The number of halogens is 2. The van der Waals surface area contributed by atoms with Crippen LogP contribution in [0.25, 0.3) is 0 Å². The van der Waals surface area contributed by atoms with E-state index in [9.17, 15) is 0 Å². The topological polar surface area (TPSA) is 66.6 Å². The summed E-state index contributed by atoms with van der Waals surface area (Å²) < 4.78 is 0. The molecule has 1 rings (SSSR count). The Balaban J connectivity index is -0.000000429. The van der Waals surface area contributed by atoms with Crippen molar-refractivity contribution in [1.29, 1.82) is 0 Å². The van der Waals surface area contributed by atoms with Crippen molar-refractivity contribution in [3.8, 4) is 0 Å². The van der Waals surface area contributed by atoms with Crippen LogP contribution in [-0.2, 0) is 11.2 Å². The van der Waals surface area contributed by atoms with Gasteiger partial charge in [-0.2, -0.15) is 0 Å². The molecule has 0 aliphatic heterocycles. The number of hydrogen-bond acceptors (Lipinski definition) is 3. The molecule has 0 aliphatic rings. The molecule has 0 radical (unpaired) electrons. The van der Waals surface area contributed by atoms with E-state index in [0.717, 1.165) is 13.3 Å². The van der Waals surface area contributed by atoms with Crippen molar-refractivity contribution in [3.63, 3.8) is 0 Å². The van der Waals surface area contributed by atoms with Crippen molar-refractivity contribution >= 4 is 36.5 Å². The summed E-state index contributed by atoms with van der Waals surface area (Å²) in [6.07, 6.45) is 0.940. The third kappa shape index (κ3) is 10.9. The first-order valence-electron chi connectivity index (χ1n) is 5.96. The molecule has 0 heterocycles. The van der Waals surface area contributed by atoms with Gasteiger partial charge < -0.3 is 15.7 Å². The van der Waals surface area contributed by atoms with E-state index in [1.54, 1.807) is 0 Å². The van der Waals surface area contributed by atoms with Crippen molar-refractivity contribution in [3.05, 3.63) is 29.3 Å². The fourth-order valence-electron chi connectivity index (χ4n) is 1.66. The molecule has 118 valence electrons. The van der Waals surface area contributed by atoms with Gasteiger partial charge in [0.2, 0.25) is 0 Å². The Morgan fingerprint density at radius 2 is 1.80 bits per heavy atom. The van der Waals surface area contributed by atoms with Gasteiger partial charge in [0, 0.05) is 32.7 Å². The molecule has 20 heavy (non-hydrogen) atoms. The quantitative estimate of drug-likeness (QED) is 0.897. The molecule has 3 N–H and O–H groups in total. The maximum atomic E-state index is 9.00. The van der Waals surface area contributed by atoms with E-state index < -0.39 is 5.97 Å². The summed E-state index contributed by atoms with van der Waals surface area (Å²) in [6.45, 7) is 5.24. The zero-order chi connectivity index (χ0) is 14.3. The van der Waals surface area contributed by atoms with Crippen LogP contribution in [0.15, 0.2) is 18.2 Å². The highest BCUT2D eigenvalue weighted by molar-refractivity contribution is 5.85. The molecular weight excluding hydrogens is 299 g/mol. The van der Waals surface area contributed by atoms with E-state index in [1.807, 2.05) is 6.92 Å². The molecule has 0 bridgehead atoms. The van der Waals surface area contributed by atoms with Crippen molar-refractivity contribution in [1.82, 2.24) is 0 Å². The number of carboxylic acids is 1. The van der Waals surface area contributed by atoms with Crippen LogP contribution in [0.4, 0.5) is 5.69 Å². The molecule has 0 amide bonds. The second kappa shape index (κ2) is 11.8. The summed E-state index contributed by atoms with van der Waals surface area (Å²) in [4.78, 5) is 11.1. The fraction of sp³-hybridized carbons (Fsp3) is 0.500. The molecule has 4 nitrogen and oxygen atoms in total. The van der Waals surface area contributed by atoms with Gasteiger partial charge in [0.25, 0.3) is 5.97 Å². The standard InChI is InChI=1S/C12H20N2.C2H4O2.2ClH/c1-9-5-6-12(14(3)4)11(7-9)8-10(2)13;1-2(3)4;;/h5-7,10H,8,13H2,1-4H3;1H3,(H,3,4);2*1H. The van der Waals surface area contributed by atoms with Gasteiger partial charge in [0.05, 0.1) is 0 Å². The summed E-state index contributed by atoms with van der Waals surface area (Å²) in [5, 5.41) is 7.42. The number of aryl methyl sites for hydroxylation is 1. The molecule has 1 aromatic carbocycles. The van der Waals surface area contributed by atoms with Crippen LogP contribution in [0.5, 0.6) is 0 Å². The zero-order valence-corrected chi connectivity index (χ0v) is 14.3. The Hall–Kier alpha value is -0.970. The second-order valence-corrected chi connectivity index (χ2v) is 4.73. The van der Waals surface area contributed by atoms with Gasteiger partial charge >= 0.3 is 0 Å². The fourth-order valence-corrected chi connectivity index (χ4v) is 1.66. The van der Waals surface area contributed by atoms with Gasteiger partial charge in [-0.1, -0.05) is 17.7 Å². The van der Waals surface area contributed by atoms with Gasteiger partial charge in [0.15, 0.2) is 0 Å². The van der Waals surface area contributed by atoms with E-state index in [1.165, 1.54) is 16.8 Å². The van der Waals surface area contributed by atoms with Gasteiger partial charge in [-0.05, 0) is 31.9 Å². The lowest BCUT2D eigenvalue weighted by molar-refractivity contribution is -0.134. The summed E-state index contributed by atoms with van der Waals surface area (Å²) in [6, 6.07) is 6.74. The van der Waals surface area contributed by atoms with Crippen LogP contribution >= 0.6 is 24.8 Å². The van der Waals surface area contributed by atoms with E-state index >= 15 is 0 Å². The van der Waals surface area contributed by atoms with Gasteiger partial charge in [-0.25, -0.2) is 0 Å². The molecule has 1 aromatic rings. The molecule has 0 aliphatic carbocycles. The Bertz CT molecular complexity index is 393. The summed E-state index contributed by atoms with van der Waals surface area (Å²) in [7, 11) is 4.13. The van der Waals surface area contributed by atoms with Crippen LogP contribution in [0.2, 0.25) is 0 Å². The number of rotatable bonds is 3. The van der Waals surface area contributed by atoms with Crippen LogP contribution < -0.4 is 10.6 Å². The maximum Gasteiger partial charge on any atom is 0.300 e. The molecule has 0 saturated carbocycles. The number of carboxylic acid groups (broad SMARTS) is 1. The third-order valence-electron chi connectivity index (χ3n) is 2.26. The predicted octanol–water partition coefficient (Wildman–Crippen LogP) is 2.89. The first kappa shape index (κ1) is 24.1. The Kier molecular flexibility index (Phi) is 14.2. The number of hydrogen-bond donors (Lipinski definition) is 2. The summed E-state index contributed by atoms with van der Waals surface area (Å²) >= 11 is 0. The molecule has 0 fully saturated rings. The Morgan fingerprint density at radius 3 is 2.15 bits per heavy atom. The molecule has 1 atom stereocenters. The van der Waals surface area contributed by atoms with E-state index in [0.29, 0.717) is 0 Å². The van der Waals surface area contributed by atoms with Gasteiger partial charge in [-0.15, -0.1) is 24.8 Å². The molecule has 0 aromatic heterocycles. The van der Waals surface area contributed by atoms with E-state index in [2.05, 4.69) is 44.1 Å². The normalized spacial score (nSPS) is 10.1. The van der Waals surface area contributed by atoms with Crippen LogP contribution in [0.3, 0.4) is 0 Å². The number of carbonyl (C=O) groups is 1. The molecule has 0 spiro atoms. The minimum Gasteiger partial charge on any atom is -0.481 e. The van der Waals surface area contributed by atoms with Crippen molar-refractivity contribution in [2.24, 2.45) is 5.73 Å². The van der Waals surface area contributed by atoms with Crippen LogP contribution in [-0.4, -0.2) is 31.2 Å². The van der Waals surface area contributed by atoms with E-state index in [-0.39, 0.29) is 30.9 Å². The highest BCUT2D eigenvalue weighted by Crippen LogP contribution is 2.21. The minimum absolute atomic E-state index is 0. The van der Waals surface area contributed by atoms with Gasteiger partial charge in [0.1, 0.15) is 0 Å². The number of nitrogens with two attached hydrogens (primary N) is 1. The monoisotopic (exact) mass is 324 g/mol. The smallest absolute Gasteiger partial charge is 0.300 e. The van der Waals surface area contributed by atoms with E-state index in [4.69, 9.17) is 15.6 Å². The molecule has 1 unspecified atom stereocenters. The SMILES string of the molecule is CC(=O)O.Cc1ccc(N(C)C)c(CC(C)N)c1.Cl.Cl. The largest absolute Gasteiger partial charge is 0.481 e. The van der Waals surface area contributed by atoms with Crippen molar-refractivity contribution in [2.45, 2.75) is 33.2 Å². The molecule has 6 heteroatoms. The first-order chi connectivity index (χ1) is 8.23. The number of anilines is 1. The molecular formula is C14H26Cl2N2O2. The van der Waals surface area contributed by atoms with Crippen LogP contribution in [0.1, 0.15) is 25.0 Å². The highest BCUT2D eigenvalue weighted by atomic mass is 35.5. The Morgan fingerprint density at radius 1 is 1.35 bits per heavy atom. The lowest BCUT2D eigenvalue weighted by atomic mass is 10.0. The average Bonchev–Trinajstić information content (AvgIpc) is 2.14. The van der Waals surface area contributed by atoms with Crippen LogP contribution in [0, 0.1) is 6.92 Å². The van der Waals surface area contributed by atoms with Gasteiger partial charge in [-0.3, -0.25) is 4.79 Å². The zero-order valence-electron chi connectivity index (χ0n) is 12.7. The number of nitrogens with zero attached hydrogens (tertiary/aromatic N) is 1. The Labute approximate surface area is 134 Å². The molecule has 0 saturated heterocycles. The predicted molar refractivity (Wildman–Crippen MR) is 90.7 cm³/mol. The highest BCUT2D eigenvalue weighted by Gasteiger charge is 2.06. The number of benzene rings is 1. The third-order valence-corrected chi connectivity index (χ3v) is 2.26. The second-order valence-electron chi connectivity index (χ2n) is 4.73. The summed E-state index contributed by atoms with van der Waals surface area (Å²) in [5.41, 5.74) is 9.73. The average molecular weight is 325 g/mol. The van der Waals surface area contributed by atoms with Crippen molar-refractivity contribution in [2.75, 3.05) is 19.0 Å². The maximum absolute atomic E-state index is 9.00. The minimum atomic E-state index is -0.833.